The summed E-state index contributed by atoms with van der Waals surface area (Å²) in [4.78, 5) is 14.5. The van der Waals surface area contributed by atoms with E-state index in [2.05, 4.69) is 5.10 Å². The minimum atomic E-state index is -3.19. The third-order valence-electron chi connectivity index (χ3n) is 4.65. The van der Waals surface area contributed by atoms with Crippen LogP contribution in [0, 0.1) is 0 Å². The molecular weight excluding hydrogens is 358 g/mol. The predicted molar refractivity (Wildman–Crippen MR) is 92.6 cm³/mol. The standard InChI is InChI=1S/C17H19N3O5S/c1-19-9-13(8-18-19)14-10-26(22,23)5-4-20(14)17(21)7-12-2-3-15-16(6-12)25-11-24-15/h2-3,6,8-9,14H,4-5,7,10-11H2,1H3. The zero-order valence-electron chi connectivity index (χ0n) is 14.3. The van der Waals surface area contributed by atoms with Gasteiger partial charge in [-0.3, -0.25) is 9.48 Å². The highest BCUT2D eigenvalue weighted by Gasteiger charge is 2.35. The second-order valence-corrected chi connectivity index (χ2v) is 8.76. The summed E-state index contributed by atoms with van der Waals surface area (Å²) in [5.41, 5.74) is 1.53. The quantitative estimate of drug-likeness (QED) is 0.782. The van der Waals surface area contributed by atoms with Crippen molar-refractivity contribution in [2.75, 3.05) is 24.8 Å². The van der Waals surface area contributed by atoms with E-state index in [4.69, 9.17) is 9.47 Å². The molecule has 0 N–H and O–H groups in total. The molecule has 3 heterocycles. The number of nitrogens with zero attached hydrogens (tertiary/aromatic N) is 3. The summed E-state index contributed by atoms with van der Waals surface area (Å²) < 4.78 is 36.4. The fraction of sp³-hybridized carbons (Fsp3) is 0.412. The topological polar surface area (TPSA) is 90.7 Å². The zero-order chi connectivity index (χ0) is 18.3. The molecule has 1 fully saturated rings. The molecule has 4 rings (SSSR count). The maximum absolute atomic E-state index is 12.9. The molecule has 0 saturated carbocycles. The van der Waals surface area contributed by atoms with Gasteiger partial charge in [0.25, 0.3) is 0 Å². The first-order valence-electron chi connectivity index (χ1n) is 8.28. The maximum Gasteiger partial charge on any atom is 0.231 e. The molecule has 138 valence electrons. The molecule has 1 aromatic carbocycles. The molecule has 0 bridgehead atoms. The smallest absolute Gasteiger partial charge is 0.231 e. The van der Waals surface area contributed by atoms with Gasteiger partial charge >= 0.3 is 0 Å². The second-order valence-electron chi connectivity index (χ2n) is 6.53. The number of aryl methyl sites for hydroxylation is 1. The lowest BCUT2D eigenvalue weighted by Crippen LogP contribution is -2.46. The van der Waals surface area contributed by atoms with Crippen molar-refractivity contribution in [3.63, 3.8) is 0 Å². The summed E-state index contributed by atoms with van der Waals surface area (Å²) in [6.07, 6.45) is 3.55. The molecule has 1 saturated heterocycles. The maximum atomic E-state index is 12.9. The van der Waals surface area contributed by atoms with Crippen LogP contribution in [0.15, 0.2) is 30.6 Å². The van der Waals surface area contributed by atoms with Crippen molar-refractivity contribution in [3.05, 3.63) is 41.7 Å². The molecule has 1 amide bonds. The Kier molecular flexibility index (Phi) is 4.10. The lowest BCUT2D eigenvalue weighted by molar-refractivity contribution is -0.132. The van der Waals surface area contributed by atoms with Gasteiger partial charge in [-0.15, -0.1) is 0 Å². The molecule has 0 aliphatic carbocycles. The first-order valence-corrected chi connectivity index (χ1v) is 10.1. The number of carbonyl (C=O) groups is 1. The average Bonchev–Trinajstić information content (AvgIpc) is 3.22. The van der Waals surface area contributed by atoms with Gasteiger partial charge in [-0.1, -0.05) is 6.07 Å². The Bertz CT molecular complexity index is 953. The van der Waals surface area contributed by atoms with Crippen LogP contribution in [0.1, 0.15) is 17.2 Å². The van der Waals surface area contributed by atoms with Crippen molar-refractivity contribution in [1.82, 2.24) is 14.7 Å². The van der Waals surface area contributed by atoms with E-state index in [1.807, 2.05) is 6.07 Å². The molecule has 26 heavy (non-hydrogen) atoms. The zero-order valence-corrected chi connectivity index (χ0v) is 15.1. The van der Waals surface area contributed by atoms with E-state index < -0.39 is 15.9 Å². The van der Waals surface area contributed by atoms with Gasteiger partial charge in [0.05, 0.1) is 30.2 Å². The van der Waals surface area contributed by atoms with Gasteiger partial charge in [0.2, 0.25) is 12.7 Å². The third-order valence-corrected chi connectivity index (χ3v) is 6.28. The summed E-state index contributed by atoms with van der Waals surface area (Å²) in [5, 5.41) is 4.11. The number of ether oxygens (including phenoxy) is 2. The Labute approximate surface area is 151 Å². The summed E-state index contributed by atoms with van der Waals surface area (Å²) in [6.45, 7) is 0.366. The lowest BCUT2D eigenvalue weighted by atomic mass is 10.1. The summed E-state index contributed by atoms with van der Waals surface area (Å²) in [7, 11) is -1.42. The van der Waals surface area contributed by atoms with Crippen molar-refractivity contribution in [2.45, 2.75) is 12.5 Å². The number of rotatable bonds is 3. The van der Waals surface area contributed by atoms with Crippen LogP contribution in [0.25, 0.3) is 0 Å². The number of hydrogen-bond acceptors (Lipinski definition) is 6. The molecule has 2 aromatic rings. The molecule has 0 spiro atoms. The molecule has 0 radical (unpaired) electrons. The third kappa shape index (κ3) is 3.26. The minimum absolute atomic E-state index is 0.0172. The van der Waals surface area contributed by atoms with Crippen LogP contribution >= 0.6 is 0 Å². The highest BCUT2D eigenvalue weighted by molar-refractivity contribution is 7.91. The molecular formula is C17H19N3O5S. The van der Waals surface area contributed by atoms with Gasteiger partial charge in [-0.05, 0) is 17.7 Å². The predicted octanol–water partition coefficient (Wildman–Crippen LogP) is 0.690. The fourth-order valence-corrected chi connectivity index (χ4v) is 4.82. The lowest BCUT2D eigenvalue weighted by Gasteiger charge is -2.35. The number of sulfone groups is 1. The second kappa shape index (κ2) is 6.31. The van der Waals surface area contributed by atoms with Crippen molar-refractivity contribution >= 4 is 15.7 Å². The van der Waals surface area contributed by atoms with Crippen molar-refractivity contribution in [2.24, 2.45) is 7.05 Å². The van der Waals surface area contributed by atoms with Gasteiger partial charge in [-0.25, -0.2) is 8.42 Å². The van der Waals surface area contributed by atoms with Crippen LogP contribution in [0.4, 0.5) is 0 Å². The molecule has 9 heteroatoms. The van der Waals surface area contributed by atoms with E-state index in [-0.39, 0.29) is 37.2 Å². The van der Waals surface area contributed by atoms with Crippen LogP contribution in [0.2, 0.25) is 0 Å². The minimum Gasteiger partial charge on any atom is -0.454 e. The van der Waals surface area contributed by atoms with Gasteiger partial charge in [0.15, 0.2) is 21.3 Å². The Morgan fingerprint density at radius 3 is 2.88 bits per heavy atom. The molecule has 1 aromatic heterocycles. The number of amides is 1. The largest absolute Gasteiger partial charge is 0.454 e. The molecule has 1 atom stereocenters. The molecule has 2 aliphatic heterocycles. The number of fused-ring (bicyclic) bond motifs is 1. The van der Waals surface area contributed by atoms with Crippen LogP contribution in [0.5, 0.6) is 11.5 Å². The van der Waals surface area contributed by atoms with E-state index >= 15 is 0 Å². The number of hydrogen-bond donors (Lipinski definition) is 0. The first kappa shape index (κ1) is 16.9. The van der Waals surface area contributed by atoms with Crippen molar-refractivity contribution in [3.8, 4) is 11.5 Å². The summed E-state index contributed by atoms with van der Waals surface area (Å²) >= 11 is 0. The van der Waals surface area contributed by atoms with E-state index in [1.165, 1.54) is 0 Å². The summed E-state index contributed by atoms with van der Waals surface area (Å²) in [6, 6.07) is 4.89. The molecule has 1 unspecified atom stereocenters. The monoisotopic (exact) mass is 377 g/mol. The Hall–Kier alpha value is -2.55. The van der Waals surface area contributed by atoms with Gasteiger partial charge in [0.1, 0.15) is 0 Å². The Morgan fingerprint density at radius 1 is 1.31 bits per heavy atom. The van der Waals surface area contributed by atoms with E-state index in [9.17, 15) is 13.2 Å². The summed E-state index contributed by atoms with van der Waals surface area (Å²) in [5.74, 6) is 1.08. The van der Waals surface area contributed by atoms with E-state index in [0.717, 1.165) is 11.1 Å². The Balaban J connectivity index is 1.56. The van der Waals surface area contributed by atoms with Crippen LogP contribution in [-0.2, 0) is 28.1 Å². The van der Waals surface area contributed by atoms with Crippen molar-refractivity contribution in [1.29, 1.82) is 0 Å². The average molecular weight is 377 g/mol. The number of carbonyl (C=O) groups excluding carboxylic acids is 1. The van der Waals surface area contributed by atoms with Crippen LogP contribution in [0.3, 0.4) is 0 Å². The Morgan fingerprint density at radius 2 is 2.12 bits per heavy atom. The van der Waals surface area contributed by atoms with E-state index in [1.54, 1.807) is 41.2 Å². The van der Waals surface area contributed by atoms with Gasteiger partial charge in [-0.2, -0.15) is 5.10 Å². The highest BCUT2D eigenvalue weighted by atomic mass is 32.2. The van der Waals surface area contributed by atoms with Gasteiger partial charge < -0.3 is 14.4 Å². The number of benzene rings is 1. The van der Waals surface area contributed by atoms with Crippen LogP contribution < -0.4 is 9.47 Å². The van der Waals surface area contributed by atoms with Crippen molar-refractivity contribution < 1.29 is 22.7 Å². The SMILES string of the molecule is Cn1cc(C2CS(=O)(=O)CCN2C(=O)Cc2ccc3c(c2)OCO3)cn1. The van der Waals surface area contributed by atoms with Gasteiger partial charge in [0, 0.05) is 25.4 Å². The first-order chi connectivity index (χ1) is 12.4. The highest BCUT2D eigenvalue weighted by Crippen LogP contribution is 2.33. The van der Waals surface area contributed by atoms with E-state index in [0.29, 0.717) is 11.5 Å². The molecule has 2 aliphatic rings. The number of aromatic nitrogens is 2. The fourth-order valence-electron chi connectivity index (χ4n) is 3.32. The normalized spacial score (nSPS) is 21.0. The van der Waals surface area contributed by atoms with Crippen LogP contribution in [-0.4, -0.2) is 53.8 Å². The molecule has 8 nitrogen and oxygen atoms in total.